The summed E-state index contributed by atoms with van der Waals surface area (Å²) >= 11 is 0. The molecule has 1 aliphatic rings. The monoisotopic (exact) mass is 332 g/mol. The van der Waals surface area contributed by atoms with E-state index in [-0.39, 0.29) is 13.3 Å². The van der Waals surface area contributed by atoms with Crippen molar-refractivity contribution in [2.45, 2.75) is 32.6 Å². The van der Waals surface area contributed by atoms with Crippen molar-refractivity contribution in [2.75, 3.05) is 13.3 Å². The summed E-state index contributed by atoms with van der Waals surface area (Å²) in [7, 11) is 0. The van der Waals surface area contributed by atoms with E-state index in [4.69, 9.17) is 9.47 Å². The van der Waals surface area contributed by atoms with Crippen LogP contribution in [0, 0.1) is 5.92 Å². The van der Waals surface area contributed by atoms with Crippen molar-refractivity contribution >= 4 is 5.91 Å². The van der Waals surface area contributed by atoms with Crippen LogP contribution in [-0.2, 0) is 11.3 Å². The van der Waals surface area contributed by atoms with E-state index in [9.17, 15) is 18.0 Å². The summed E-state index contributed by atoms with van der Waals surface area (Å²) in [6.07, 6.45) is -4.38. The third-order valence-electron chi connectivity index (χ3n) is 3.43. The van der Waals surface area contributed by atoms with Gasteiger partial charge >= 0.3 is 6.18 Å². The number of rotatable bonds is 6. The van der Waals surface area contributed by atoms with Gasteiger partial charge in [-0.15, -0.1) is 0 Å². The topological polar surface area (TPSA) is 59.6 Å². The van der Waals surface area contributed by atoms with Gasteiger partial charge in [-0.1, -0.05) is 19.9 Å². The number of halogens is 3. The maximum absolute atomic E-state index is 12.8. The molecule has 23 heavy (non-hydrogen) atoms. The largest absolute Gasteiger partial charge is 0.454 e. The molecule has 2 N–H and O–H groups in total. The number of hydrogen-bond donors (Lipinski definition) is 2. The molecule has 0 bridgehead atoms. The molecule has 1 aliphatic heterocycles. The number of fused-ring (bicyclic) bond motifs is 1. The molecule has 0 aromatic heterocycles. The Hall–Kier alpha value is -1.96. The lowest BCUT2D eigenvalue weighted by Crippen LogP contribution is -2.49. The van der Waals surface area contributed by atoms with E-state index in [1.807, 2.05) is 0 Å². The van der Waals surface area contributed by atoms with Crippen molar-refractivity contribution in [3.05, 3.63) is 23.8 Å². The maximum atomic E-state index is 12.8. The Balaban J connectivity index is 1.81. The van der Waals surface area contributed by atoms with Crippen molar-refractivity contribution in [1.29, 1.82) is 0 Å². The molecule has 1 aromatic carbocycles. The Morgan fingerprint density at radius 2 is 1.96 bits per heavy atom. The molecule has 1 aromatic rings. The molecular weight excluding hydrogens is 313 g/mol. The minimum atomic E-state index is -4.38. The van der Waals surface area contributed by atoms with Crippen LogP contribution in [0.4, 0.5) is 13.2 Å². The van der Waals surface area contributed by atoms with E-state index in [0.717, 1.165) is 5.56 Å². The van der Waals surface area contributed by atoms with E-state index in [0.29, 0.717) is 11.5 Å². The molecule has 0 spiro atoms. The number of alkyl halides is 3. The van der Waals surface area contributed by atoms with Crippen LogP contribution >= 0.6 is 0 Å². The fraction of sp³-hybridized carbons (Fsp3) is 0.533. The number of carbonyl (C=O) groups excluding carboxylic acids is 1. The number of ether oxygens (including phenoxy) is 2. The second-order valence-corrected chi connectivity index (χ2v) is 5.61. The predicted molar refractivity (Wildman–Crippen MR) is 77.1 cm³/mol. The third-order valence-corrected chi connectivity index (χ3v) is 3.43. The van der Waals surface area contributed by atoms with Gasteiger partial charge in [0.15, 0.2) is 11.5 Å². The van der Waals surface area contributed by atoms with Crippen LogP contribution in [0.2, 0.25) is 0 Å². The number of hydrogen-bond acceptors (Lipinski definition) is 4. The first-order valence-electron chi connectivity index (χ1n) is 7.22. The summed E-state index contributed by atoms with van der Waals surface area (Å²) in [6.45, 7) is 2.87. The van der Waals surface area contributed by atoms with Gasteiger partial charge in [0.05, 0.1) is 6.54 Å². The van der Waals surface area contributed by atoms with Gasteiger partial charge in [0.25, 0.3) is 0 Å². The molecule has 0 radical (unpaired) electrons. The third kappa shape index (κ3) is 4.75. The summed E-state index contributed by atoms with van der Waals surface area (Å²) in [6, 6.07) is 3.50. The highest BCUT2D eigenvalue weighted by Crippen LogP contribution is 2.32. The fourth-order valence-electron chi connectivity index (χ4n) is 2.25. The first-order chi connectivity index (χ1) is 10.8. The molecule has 0 saturated carbocycles. The molecule has 0 fully saturated rings. The SMILES string of the molecule is CC(C)[C@H](NCC(=O)NCc1ccc2c(c1)OCO2)C(F)(F)F. The van der Waals surface area contributed by atoms with Crippen LogP contribution in [0.25, 0.3) is 0 Å². The number of amides is 1. The highest BCUT2D eigenvalue weighted by Gasteiger charge is 2.41. The van der Waals surface area contributed by atoms with Gasteiger partial charge in [-0.05, 0) is 23.6 Å². The molecule has 5 nitrogen and oxygen atoms in total. The molecule has 1 atom stereocenters. The Bertz CT molecular complexity index is 561. The average molecular weight is 332 g/mol. The molecule has 2 rings (SSSR count). The second kappa shape index (κ2) is 7.08. The van der Waals surface area contributed by atoms with Gasteiger partial charge in [-0.3, -0.25) is 10.1 Å². The van der Waals surface area contributed by atoms with Crippen LogP contribution in [0.3, 0.4) is 0 Å². The van der Waals surface area contributed by atoms with Crippen LogP contribution in [-0.4, -0.2) is 31.5 Å². The van der Waals surface area contributed by atoms with Crippen molar-refractivity contribution in [2.24, 2.45) is 5.92 Å². The lowest BCUT2D eigenvalue weighted by atomic mass is 10.0. The Morgan fingerprint density at radius 1 is 1.26 bits per heavy atom. The first kappa shape index (κ1) is 17.4. The molecule has 8 heteroatoms. The highest BCUT2D eigenvalue weighted by atomic mass is 19.4. The Labute approximate surface area is 132 Å². The van der Waals surface area contributed by atoms with Crippen molar-refractivity contribution < 1.29 is 27.4 Å². The minimum absolute atomic E-state index is 0.156. The van der Waals surface area contributed by atoms with Crippen LogP contribution in [0.15, 0.2) is 18.2 Å². The summed E-state index contributed by atoms with van der Waals surface area (Å²) in [5.41, 5.74) is 0.777. The molecule has 0 saturated heterocycles. The van der Waals surface area contributed by atoms with E-state index in [2.05, 4.69) is 10.6 Å². The van der Waals surface area contributed by atoms with E-state index in [1.54, 1.807) is 18.2 Å². The summed E-state index contributed by atoms with van der Waals surface area (Å²) in [4.78, 5) is 11.7. The zero-order valence-electron chi connectivity index (χ0n) is 12.9. The minimum Gasteiger partial charge on any atom is -0.454 e. The zero-order chi connectivity index (χ0) is 17.0. The molecule has 128 valence electrons. The smallest absolute Gasteiger partial charge is 0.404 e. The fourth-order valence-corrected chi connectivity index (χ4v) is 2.25. The molecule has 0 unspecified atom stereocenters. The summed E-state index contributed by atoms with van der Waals surface area (Å²) in [5, 5.41) is 4.83. The van der Waals surface area contributed by atoms with E-state index < -0.39 is 30.6 Å². The lowest BCUT2D eigenvalue weighted by Gasteiger charge is -2.24. The quantitative estimate of drug-likeness (QED) is 0.839. The van der Waals surface area contributed by atoms with Gasteiger partial charge in [0.1, 0.15) is 6.04 Å². The van der Waals surface area contributed by atoms with Gasteiger partial charge in [-0.2, -0.15) is 13.2 Å². The predicted octanol–water partition coefficient (Wildman–Crippen LogP) is 2.21. The highest BCUT2D eigenvalue weighted by molar-refractivity contribution is 5.78. The van der Waals surface area contributed by atoms with Crippen molar-refractivity contribution in [3.8, 4) is 11.5 Å². The van der Waals surface area contributed by atoms with Crippen molar-refractivity contribution in [3.63, 3.8) is 0 Å². The standard InChI is InChI=1S/C15H19F3N2O3/c1-9(2)14(15(16,17)18)20-7-13(21)19-6-10-3-4-11-12(5-10)23-8-22-11/h3-5,9,14,20H,6-8H2,1-2H3,(H,19,21)/t14-/m0/s1. The normalized spacial score (nSPS) is 14.9. The number of benzene rings is 1. The van der Waals surface area contributed by atoms with Crippen LogP contribution in [0.1, 0.15) is 19.4 Å². The summed E-state index contributed by atoms with van der Waals surface area (Å²) < 4.78 is 48.7. The Morgan fingerprint density at radius 3 is 2.61 bits per heavy atom. The first-order valence-corrected chi connectivity index (χ1v) is 7.22. The molecular formula is C15H19F3N2O3. The maximum Gasteiger partial charge on any atom is 0.404 e. The second-order valence-electron chi connectivity index (χ2n) is 5.61. The molecule has 1 heterocycles. The average Bonchev–Trinajstić information content (AvgIpc) is 2.90. The van der Waals surface area contributed by atoms with Gasteiger partial charge in [-0.25, -0.2) is 0 Å². The number of carbonyl (C=O) groups is 1. The van der Waals surface area contributed by atoms with Gasteiger partial charge < -0.3 is 14.8 Å². The molecule has 1 amide bonds. The Kier molecular flexibility index (Phi) is 5.35. The summed E-state index contributed by atoms with van der Waals surface area (Å²) in [5.74, 6) is 0.0627. The van der Waals surface area contributed by atoms with Crippen LogP contribution < -0.4 is 20.1 Å². The van der Waals surface area contributed by atoms with Crippen LogP contribution in [0.5, 0.6) is 11.5 Å². The van der Waals surface area contributed by atoms with Gasteiger partial charge in [0, 0.05) is 6.54 Å². The molecule has 0 aliphatic carbocycles. The van der Waals surface area contributed by atoms with Crippen molar-refractivity contribution in [1.82, 2.24) is 10.6 Å². The van der Waals surface area contributed by atoms with Gasteiger partial charge in [0.2, 0.25) is 12.7 Å². The number of nitrogens with one attached hydrogen (secondary N) is 2. The van der Waals surface area contributed by atoms with E-state index >= 15 is 0 Å². The lowest BCUT2D eigenvalue weighted by molar-refractivity contribution is -0.165. The van der Waals surface area contributed by atoms with E-state index in [1.165, 1.54) is 13.8 Å². The zero-order valence-corrected chi connectivity index (χ0v) is 12.9.